The molecule has 0 aliphatic carbocycles. The molecule has 1 aromatic carbocycles. The first kappa shape index (κ1) is 22.1. The lowest BCUT2D eigenvalue weighted by Gasteiger charge is -2.18. The highest BCUT2D eigenvalue weighted by atomic mass is 16.5. The summed E-state index contributed by atoms with van der Waals surface area (Å²) in [6, 6.07) is 8.57. The Labute approximate surface area is 169 Å². The molecule has 1 saturated heterocycles. The molecule has 1 aromatic rings. The molecule has 28 heavy (non-hydrogen) atoms. The summed E-state index contributed by atoms with van der Waals surface area (Å²) in [7, 11) is 0. The quantitative estimate of drug-likeness (QED) is 0.367. The SMILES string of the molecule is CCCCOc1ccc(CCN=C(NCC)NC2CCN(C(=O)CC)C2)cc1. The van der Waals surface area contributed by atoms with Crippen LogP contribution in [0.1, 0.15) is 52.0 Å². The van der Waals surface area contributed by atoms with Gasteiger partial charge in [-0.15, -0.1) is 0 Å². The molecule has 1 aliphatic heterocycles. The number of benzene rings is 1. The predicted octanol–water partition coefficient (Wildman–Crippen LogP) is 2.97. The summed E-state index contributed by atoms with van der Waals surface area (Å²) < 4.78 is 5.71. The number of amides is 1. The highest BCUT2D eigenvalue weighted by molar-refractivity contribution is 5.80. The third kappa shape index (κ3) is 7.41. The molecule has 1 heterocycles. The van der Waals surface area contributed by atoms with Crippen LogP contribution in [0.25, 0.3) is 0 Å². The number of carbonyl (C=O) groups excluding carboxylic acids is 1. The molecular weight excluding hydrogens is 352 g/mol. The van der Waals surface area contributed by atoms with Gasteiger partial charge in [-0.2, -0.15) is 0 Å². The van der Waals surface area contributed by atoms with Gasteiger partial charge in [0.2, 0.25) is 5.91 Å². The van der Waals surface area contributed by atoms with Crippen molar-refractivity contribution in [3.8, 4) is 5.75 Å². The van der Waals surface area contributed by atoms with Gasteiger partial charge in [-0.1, -0.05) is 32.4 Å². The smallest absolute Gasteiger partial charge is 0.222 e. The van der Waals surface area contributed by atoms with E-state index >= 15 is 0 Å². The maximum absolute atomic E-state index is 11.8. The van der Waals surface area contributed by atoms with Crippen molar-refractivity contribution in [2.24, 2.45) is 4.99 Å². The van der Waals surface area contributed by atoms with Crippen LogP contribution >= 0.6 is 0 Å². The number of carbonyl (C=O) groups is 1. The van der Waals surface area contributed by atoms with Crippen molar-refractivity contribution in [1.29, 1.82) is 0 Å². The van der Waals surface area contributed by atoms with Crippen molar-refractivity contribution in [2.45, 2.75) is 58.9 Å². The van der Waals surface area contributed by atoms with Gasteiger partial charge >= 0.3 is 0 Å². The number of guanidine groups is 1. The Morgan fingerprint density at radius 3 is 2.71 bits per heavy atom. The van der Waals surface area contributed by atoms with Crippen LogP contribution in [-0.4, -0.2) is 55.6 Å². The summed E-state index contributed by atoms with van der Waals surface area (Å²) in [4.78, 5) is 18.5. The Kier molecular flexibility index (Phi) is 9.66. The van der Waals surface area contributed by atoms with E-state index in [-0.39, 0.29) is 11.9 Å². The van der Waals surface area contributed by atoms with Gasteiger partial charge in [-0.3, -0.25) is 9.79 Å². The topological polar surface area (TPSA) is 66.0 Å². The second-order valence-electron chi connectivity index (χ2n) is 7.18. The number of hydrogen-bond acceptors (Lipinski definition) is 3. The van der Waals surface area contributed by atoms with Crippen LogP contribution in [0, 0.1) is 0 Å². The van der Waals surface area contributed by atoms with E-state index in [4.69, 9.17) is 9.73 Å². The molecule has 156 valence electrons. The number of rotatable bonds is 10. The number of nitrogens with one attached hydrogen (secondary N) is 2. The minimum atomic E-state index is 0.230. The monoisotopic (exact) mass is 388 g/mol. The number of aliphatic imine (C=N–C) groups is 1. The number of ether oxygens (including phenoxy) is 1. The molecule has 2 N–H and O–H groups in total. The molecule has 0 bridgehead atoms. The van der Waals surface area contributed by atoms with Gasteiger partial charge in [0.05, 0.1) is 6.61 Å². The molecular formula is C22H36N4O2. The van der Waals surface area contributed by atoms with Gasteiger partial charge < -0.3 is 20.3 Å². The van der Waals surface area contributed by atoms with Crippen molar-refractivity contribution >= 4 is 11.9 Å². The molecule has 6 heteroatoms. The molecule has 1 fully saturated rings. The van der Waals surface area contributed by atoms with Gasteiger partial charge in [0, 0.05) is 38.6 Å². The van der Waals surface area contributed by atoms with Crippen molar-refractivity contribution in [3.05, 3.63) is 29.8 Å². The number of hydrogen-bond donors (Lipinski definition) is 2. The van der Waals surface area contributed by atoms with E-state index in [1.54, 1.807) is 0 Å². The lowest BCUT2D eigenvalue weighted by atomic mass is 10.1. The zero-order valence-electron chi connectivity index (χ0n) is 17.7. The third-order valence-corrected chi connectivity index (χ3v) is 4.89. The van der Waals surface area contributed by atoms with Crippen LogP contribution in [0.2, 0.25) is 0 Å². The molecule has 1 amide bonds. The van der Waals surface area contributed by atoms with Crippen molar-refractivity contribution in [3.63, 3.8) is 0 Å². The fourth-order valence-corrected chi connectivity index (χ4v) is 3.23. The Bertz CT molecular complexity index is 615. The molecule has 1 atom stereocenters. The van der Waals surface area contributed by atoms with Gasteiger partial charge in [0.1, 0.15) is 5.75 Å². The number of likely N-dealkylation sites (tertiary alicyclic amines) is 1. The number of nitrogens with zero attached hydrogens (tertiary/aromatic N) is 2. The molecule has 0 radical (unpaired) electrons. The minimum absolute atomic E-state index is 0.230. The van der Waals surface area contributed by atoms with Crippen LogP contribution in [0.15, 0.2) is 29.3 Å². The van der Waals surface area contributed by atoms with E-state index in [0.717, 1.165) is 70.2 Å². The first-order chi connectivity index (χ1) is 13.7. The lowest BCUT2D eigenvalue weighted by Crippen LogP contribution is -2.45. The molecule has 1 aliphatic rings. The Morgan fingerprint density at radius 2 is 2.04 bits per heavy atom. The summed E-state index contributed by atoms with van der Waals surface area (Å²) in [6.07, 6.45) is 4.66. The molecule has 0 aromatic heterocycles. The highest BCUT2D eigenvalue weighted by Gasteiger charge is 2.25. The first-order valence-corrected chi connectivity index (χ1v) is 10.7. The Hall–Kier alpha value is -2.24. The van der Waals surface area contributed by atoms with E-state index in [1.165, 1.54) is 5.56 Å². The fourth-order valence-electron chi connectivity index (χ4n) is 3.23. The molecule has 0 spiro atoms. The Balaban J connectivity index is 1.80. The normalized spacial score (nSPS) is 16.9. The molecule has 2 rings (SSSR count). The summed E-state index contributed by atoms with van der Waals surface area (Å²) in [5.41, 5.74) is 1.25. The minimum Gasteiger partial charge on any atom is -0.494 e. The maximum atomic E-state index is 11.8. The highest BCUT2D eigenvalue weighted by Crippen LogP contribution is 2.13. The van der Waals surface area contributed by atoms with Gasteiger partial charge in [-0.25, -0.2) is 0 Å². The number of unbranched alkanes of at least 4 members (excludes halogenated alkanes) is 1. The largest absolute Gasteiger partial charge is 0.494 e. The van der Waals surface area contributed by atoms with Crippen molar-refractivity contribution < 1.29 is 9.53 Å². The summed E-state index contributed by atoms with van der Waals surface area (Å²) >= 11 is 0. The molecule has 1 unspecified atom stereocenters. The van der Waals surface area contributed by atoms with E-state index in [2.05, 4.69) is 36.6 Å². The zero-order chi connectivity index (χ0) is 20.2. The van der Waals surface area contributed by atoms with Crippen LogP contribution < -0.4 is 15.4 Å². The molecule has 0 saturated carbocycles. The van der Waals surface area contributed by atoms with Crippen LogP contribution in [0.3, 0.4) is 0 Å². The molecule has 6 nitrogen and oxygen atoms in total. The lowest BCUT2D eigenvalue weighted by molar-refractivity contribution is -0.129. The fraction of sp³-hybridized carbons (Fsp3) is 0.636. The second kappa shape index (κ2) is 12.3. The van der Waals surface area contributed by atoms with Gasteiger partial charge in [0.15, 0.2) is 5.96 Å². The van der Waals surface area contributed by atoms with Crippen molar-refractivity contribution in [2.75, 3.05) is 32.8 Å². The van der Waals surface area contributed by atoms with Crippen LogP contribution in [0.5, 0.6) is 5.75 Å². The summed E-state index contributed by atoms with van der Waals surface area (Å²) in [6.45, 7) is 10.0. The second-order valence-corrected chi connectivity index (χ2v) is 7.18. The van der Waals surface area contributed by atoms with E-state index in [0.29, 0.717) is 6.42 Å². The Morgan fingerprint density at radius 1 is 1.25 bits per heavy atom. The van der Waals surface area contributed by atoms with E-state index in [9.17, 15) is 4.79 Å². The van der Waals surface area contributed by atoms with E-state index < -0.39 is 0 Å². The summed E-state index contributed by atoms with van der Waals surface area (Å²) in [5.74, 6) is 1.99. The van der Waals surface area contributed by atoms with Gasteiger partial charge in [-0.05, 0) is 43.9 Å². The van der Waals surface area contributed by atoms with Crippen molar-refractivity contribution in [1.82, 2.24) is 15.5 Å². The first-order valence-electron chi connectivity index (χ1n) is 10.7. The van der Waals surface area contributed by atoms with E-state index in [1.807, 2.05) is 24.0 Å². The zero-order valence-corrected chi connectivity index (χ0v) is 17.7. The summed E-state index contributed by atoms with van der Waals surface area (Å²) in [5, 5.41) is 6.78. The van der Waals surface area contributed by atoms with Crippen LogP contribution in [-0.2, 0) is 11.2 Å². The van der Waals surface area contributed by atoms with Gasteiger partial charge in [0.25, 0.3) is 0 Å². The average molecular weight is 389 g/mol. The average Bonchev–Trinajstić information content (AvgIpc) is 3.17. The standard InChI is InChI=1S/C22H36N4O2/c1-4-7-16-28-20-10-8-18(9-11-20)12-14-24-22(23-6-3)25-19-13-15-26(17-19)21(27)5-2/h8-11,19H,4-7,12-17H2,1-3H3,(H2,23,24,25). The van der Waals surface area contributed by atoms with Crippen LogP contribution in [0.4, 0.5) is 0 Å². The predicted molar refractivity (Wildman–Crippen MR) is 115 cm³/mol. The maximum Gasteiger partial charge on any atom is 0.222 e. The third-order valence-electron chi connectivity index (χ3n) is 4.89.